The number of rotatable bonds is 5. The van der Waals surface area contributed by atoms with Crippen LogP contribution in [-0.4, -0.2) is 49.1 Å². The molecule has 0 saturated heterocycles. The zero-order valence-electron chi connectivity index (χ0n) is 11.4. The maximum absolute atomic E-state index is 5.29. The molecule has 0 unspecified atom stereocenters. The highest BCUT2D eigenvalue weighted by atomic mass is 32.1. The summed E-state index contributed by atoms with van der Waals surface area (Å²) < 4.78 is 2.54. The molecule has 0 spiro atoms. The van der Waals surface area contributed by atoms with Gasteiger partial charge in [0.1, 0.15) is 5.69 Å². The summed E-state index contributed by atoms with van der Waals surface area (Å²) in [5.41, 5.74) is 0.712. The lowest BCUT2D eigenvalue weighted by molar-refractivity contribution is 0.501. The predicted molar refractivity (Wildman–Crippen MR) is 82.3 cm³/mol. The van der Waals surface area contributed by atoms with Crippen molar-refractivity contribution in [3.05, 3.63) is 35.6 Å². The SMILES string of the molecule is S=c1[nH]nc(-c2cnccn2)n1CCCN1C=CCN=C1. The molecule has 21 heavy (non-hydrogen) atoms. The third-order valence-corrected chi connectivity index (χ3v) is 3.40. The molecular formula is C13H15N7S. The monoisotopic (exact) mass is 301 g/mol. The average molecular weight is 301 g/mol. The van der Waals surface area contributed by atoms with Crippen molar-refractivity contribution in [2.24, 2.45) is 4.99 Å². The second kappa shape index (κ2) is 6.40. The summed E-state index contributed by atoms with van der Waals surface area (Å²) in [5, 5.41) is 7.06. The fourth-order valence-electron chi connectivity index (χ4n) is 2.11. The third-order valence-electron chi connectivity index (χ3n) is 3.09. The number of aliphatic imine (C=N–C) groups is 1. The number of nitrogens with zero attached hydrogens (tertiary/aromatic N) is 6. The van der Waals surface area contributed by atoms with E-state index < -0.39 is 0 Å². The molecule has 0 fully saturated rings. The molecule has 0 aromatic carbocycles. The van der Waals surface area contributed by atoms with E-state index in [-0.39, 0.29) is 0 Å². The molecule has 0 bridgehead atoms. The summed E-state index contributed by atoms with van der Waals surface area (Å²) in [7, 11) is 0. The standard InChI is InChI=1S/C13H15N7S/c21-13-18-17-12(11-9-14-4-5-16-11)20(13)8-2-7-19-6-1-3-15-10-19/h1,4-6,9-10H,2-3,7-8H2,(H,18,21). The van der Waals surface area contributed by atoms with Gasteiger partial charge >= 0.3 is 0 Å². The Bertz CT molecular complexity index is 689. The number of nitrogens with one attached hydrogen (secondary N) is 1. The third kappa shape index (κ3) is 3.22. The van der Waals surface area contributed by atoms with Gasteiger partial charge < -0.3 is 4.90 Å². The first-order chi connectivity index (χ1) is 10.3. The zero-order chi connectivity index (χ0) is 14.5. The van der Waals surface area contributed by atoms with Gasteiger partial charge in [0.05, 0.1) is 19.1 Å². The molecule has 0 atom stereocenters. The Morgan fingerprint density at radius 3 is 3.00 bits per heavy atom. The highest BCUT2D eigenvalue weighted by molar-refractivity contribution is 7.71. The van der Waals surface area contributed by atoms with Gasteiger partial charge in [0.15, 0.2) is 10.6 Å². The largest absolute Gasteiger partial charge is 0.340 e. The van der Waals surface area contributed by atoms with Crippen LogP contribution in [0.2, 0.25) is 0 Å². The minimum absolute atomic E-state index is 0.596. The van der Waals surface area contributed by atoms with Gasteiger partial charge in [0.2, 0.25) is 0 Å². The van der Waals surface area contributed by atoms with Crippen molar-refractivity contribution in [1.29, 1.82) is 0 Å². The highest BCUT2D eigenvalue weighted by Crippen LogP contribution is 2.13. The van der Waals surface area contributed by atoms with Crippen molar-refractivity contribution in [2.75, 3.05) is 13.1 Å². The van der Waals surface area contributed by atoms with Gasteiger partial charge in [-0.05, 0) is 24.7 Å². The van der Waals surface area contributed by atoms with Crippen LogP contribution in [0.1, 0.15) is 6.42 Å². The van der Waals surface area contributed by atoms with Crippen LogP contribution < -0.4 is 0 Å². The van der Waals surface area contributed by atoms with E-state index in [1.54, 1.807) is 18.6 Å². The molecule has 1 aliphatic rings. The average Bonchev–Trinajstić information content (AvgIpc) is 2.91. The topological polar surface area (TPSA) is 75.0 Å². The van der Waals surface area contributed by atoms with Crippen molar-refractivity contribution in [1.82, 2.24) is 29.6 Å². The molecule has 0 amide bonds. The number of aromatic nitrogens is 5. The quantitative estimate of drug-likeness (QED) is 0.850. The number of H-pyrrole nitrogens is 1. The first-order valence-corrected chi connectivity index (χ1v) is 7.09. The van der Waals surface area contributed by atoms with Crippen LogP contribution in [0.5, 0.6) is 0 Å². The summed E-state index contributed by atoms with van der Waals surface area (Å²) in [5.74, 6) is 0.718. The Hall–Kier alpha value is -2.35. The summed E-state index contributed by atoms with van der Waals surface area (Å²) >= 11 is 5.29. The number of hydrogen-bond donors (Lipinski definition) is 1. The van der Waals surface area contributed by atoms with E-state index in [0.717, 1.165) is 31.9 Å². The molecule has 1 N–H and O–H groups in total. The van der Waals surface area contributed by atoms with E-state index in [4.69, 9.17) is 12.2 Å². The van der Waals surface area contributed by atoms with Crippen LogP contribution in [0.25, 0.3) is 11.5 Å². The smallest absolute Gasteiger partial charge is 0.195 e. The summed E-state index contributed by atoms with van der Waals surface area (Å²) in [4.78, 5) is 14.6. The van der Waals surface area contributed by atoms with E-state index in [9.17, 15) is 0 Å². The lowest BCUT2D eigenvalue weighted by Crippen LogP contribution is -2.20. The van der Waals surface area contributed by atoms with E-state index in [0.29, 0.717) is 10.5 Å². The van der Waals surface area contributed by atoms with Crippen molar-refractivity contribution >= 4 is 18.6 Å². The fourth-order valence-corrected chi connectivity index (χ4v) is 2.34. The van der Waals surface area contributed by atoms with Crippen LogP contribution in [0.15, 0.2) is 35.9 Å². The molecule has 3 rings (SSSR count). The molecule has 7 nitrogen and oxygen atoms in total. The van der Waals surface area contributed by atoms with Crippen LogP contribution in [0, 0.1) is 4.77 Å². The molecular weight excluding hydrogens is 286 g/mol. The maximum Gasteiger partial charge on any atom is 0.195 e. The molecule has 1 aliphatic heterocycles. The summed E-state index contributed by atoms with van der Waals surface area (Å²) in [6.45, 7) is 2.41. The van der Waals surface area contributed by atoms with Crippen LogP contribution in [0.4, 0.5) is 0 Å². The van der Waals surface area contributed by atoms with Crippen LogP contribution in [0.3, 0.4) is 0 Å². The second-order valence-electron chi connectivity index (χ2n) is 4.55. The van der Waals surface area contributed by atoms with Gasteiger partial charge in [-0.25, -0.2) is 4.98 Å². The molecule has 108 valence electrons. The van der Waals surface area contributed by atoms with Gasteiger partial charge in [-0.2, -0.15) is 5.10 Å². The Kier molecular flexibility index (Phi) is 4.15. The Labute approximate surface area is 127 Å². The Balaban J connectivity index is 1.69. The van der Waals surface area contributed by atoms with E-state index in [1.807, 2.05) is 23.2 Å². The van der Waals surface area contributed by atoms with Gasteiger partial charge in [-0.15, -0.1) is 0 Å². The molecule has 3 heterocycles. The van der Waals surface area contributed by atoms with Gasteiger partial charge in [-0.1, -0.05) is 0 Å². The van der Waals surface area contributed by atoms with Gasteiger partial charge in [-0.3, -0.25) is 19.6 Å². The highest BCUT2D eigenvalue weighted by Gasteiger charge is 2.10. The van der Waals surface area contributed by atoms with Crippen molar-refractivity contribution < 1.29 is 0 Å². The zero-order valence-corrected chi connectivity index (χ0v) is 12.2. The summed E-state index contributed by atoms with van der Waals surface area (Å²) in [6.07, 6.45) is 11.8. The Morgan fingerprint density at radius 2 is 2.24 bits per heavy atom. The lowest BCUT2D eigenvalue weighted by atomic mass is 10.3. The Morgan fingerprint density at radius 1 is 1.29 bits per heavy atom. The minimum Gasteiger partial charge on any atom is -0.340 e. The number of hydrogen-bond acceptors (Lipinski definition) is 6. The van der Waals surface area contributed by atoms with Crippen LogP contribution >= 0.6 is 12.2 Å². The first kappa shape index (κ1) is 13.6. The van der Waals surface area contributed by atoms with E-state index >= 15 is 0 Å². The second-order valence-corrected chi connectivity index (χ2v) is 4.94. The normalized spacial score (nSPS) is 13.8. The molecule has 0 radical (unpaired) electrons. The van der Waals surface area contributed by atoms with Crippen molar-refractivity contribution in [3.8, 4) is 11.5 Å². The summed E-state index contributed by atoms with van der Waals surface area (Å²) in [6, 6.07) is 0. The van der Waals surface area contributed by atoms with E-state index in [1.165, 1.54) is 0 Å². The molecule has 2 aromatic heterocycles. The number of aromatic amines is 1. The maximum atomic E-state index is 5.29. The molecule has 0 saturated carbocycles. The fraction of sp³-hybridized carbons (Fsp3) is 0.308. The molecule has 0 aliphatic carbocycles. The molecule has 2 aromatic rings. The van der Waals surface area contributed by atoms with E-state index in [2.05, 4.69) is 30.1 Å². The van der Waals surface area contributed by atoms with Crippen molar-refractivity contribution in [3.63, 3.8) is 0 Å². The molecule has 8 heteroatoms. The minimum atomic E-state index is 0.596. The lowest BCUT2D eigenvalue weighted by Gasteiger charge is -2.17. The van der Waals surface area contributed by atoms with Gasteiger partial charge in [0, 0.05) is 31.7 Å². The van der Waals surface area contributed by atoms with Gasteiger partial charge in [0.25, 0.3) is 0 Å². The predicted octanol–water partition coefficient (Wildman–Crippen LogP) is 1.65. The van der Waals surface area contributed by atoms with Crippen LogP contribution in [-0.2, 0) is 6.54 Å². The van der Waals surface area contributed by atoms with Crippen molar-refractivity contribution in [2.45, 2.75) is 13.0 Å². The first-order valence-electron chi connectivity index (χ1n) is 6.68.